The van der Waals surface area contributed by atoms with Crippen molar-refractivity contribution < 1.29 is 38.9 Å². The van der Waals surface area contributed by atoms with Gasteiger partial charge in [-0.15, -0.1) is 18.3 Å². The molecule has 0 saturated heterocycles. The lowest BCUT2D eigenvalue weighted by molar-refractivity contribution is -0.223. The monoisotopic (exact) mass is 783 g/mol. The second kappa shape index (κ2) is 19.5. The Kier molecular flexibility index (Phi) is 14.3. The average molecular weight is 784 g/mol. The molecular weight excluding hydrogens is 731 g/mol. The van der Waals surface area contributed by atoms with Crippen LogP contribution in [0.1, 0.15) is 68.9 Å². The van der Waals surface area contributed by atoms with E-state index < -0.39 is 11.9 Å². The summed E-state index contributed by atoms with van der Waals surface area (Å²) in [6, 6.07) is 22.9. The van der Waals surface area contributed by atoms with E-state index in [0.717, 1.165) is 53.0 Å². The van der Waals surface area contributed by atoms with Crippen LogP contribution in [0.3, 0.4) is 0 Å². The number of nitrogens with zero attached hydrogens (tertiary/aromatic N) is 1. The summed E-state index contributed by atoms with van der Waals surface area (Å²) in [5.74, 6) is -0.572. The molecule has 298 valence electrons. The van der Waals surface area contributed by atoms with Crippen molar-refractivity contribution in [2.45, 2.75) is 80.3 Å². The molecule has 11 nitrogen and oxygen atoms in total. The molecule has 1 heterocycles. The summed E-state index contributed by atoms with van der Waals surface area (Å²) in [7, 11) is 1.56. The van der Waals surface area contributed by atoms with Crippen molar-refractivity contribution in [2.24, 2.45) is 22.9 Å². The molecule has 2 aliphatic carbocycles. The Labute approximate surface area is 333 Å². The molecular formula is C44H53N3O8S. The van der Waals surface area contributed by atoms with Gasteiger partial charge in [0.1, 0.15) is 18.6 Å². The van der Waals surface area contributed by atoms with Gasteiger partial charge in [-0.3, -0.25) is 4.79 Å². The number of unbranched alkanes of at least 4 members (excludes halogenated alkanes) is 2. The minimum Gasteiger partial charge on any atom is -0.460 e. The maximum absolute atomic E-state index is 13.1. The van der Waals surface area contributed by atoms with E-state index in [0.29, 0.717) is 43.0 Å². The molecule has 1 fully saturated rings. The predicted molar refractivity (Wildman–Crippen MR) is 218 cm³/mol. The Bertz CT molecular complexity index is 1870. The van der Waals surface area contributed by atoms with E-state index in [1.165, 1.54) is 6.92 Å². The molecule has 1 saturated carbocycles. The fourth-order valence-electron chi connectivity index (χ4n) is 8.50. The lowest BCUT2D eigenvalue weighted by Crippen LogP contribution is -2.64. The number of oxime groups is 1. The molecule has 0 bridgehead atoms. The summed E-state index contributed by atoms with van der Waals surface area (Å²) in [5, 5.41) is 29.6. The number of ether oxygens (including phenoxy) is 3. The molecule has 2 amide bonds. The van der Waals surface area contributed by atoms with E-state index in [4.69, 9.17) is 19.0 Å². The summed E-state index contributed by atoms with van der Waals surface area (Å²) in [6.07, 6.45) is 8.69. The molecule has 4 N–H and O–H groups in total. The Hall–Kier alpha value is -4.62. The number of fused-ring (bicyclic) bond motifs is 2. The molecule has 0 radical (unpaired) electrons. The van der Waals surface area contributed by atoms with Gasteiger partial charge in [0, 0.05) is 55.2 Å². The summed E-state index contributed by atoms with van der Waals surface area (Å²) >= 11 is 1.63. The number of anilines is 1. The Morgan fingerprint density at radius 2 is 1.77 bits per heavy atom. The van der Waals surface area contributed by atoms with Gasteiger partial charge >= 0.3 is 6.09 Å². The smallest absolute Gasteiger partial charge is 0.412 e. The standard InChI is InChI=1S/C44H53N3O8S/c1-4-24-53-44-40(56-34-19-16-32(17-20-34)46-29(2)50)27-38(47-52-3)36-25-31(14-8-10-22-48)35(15-9-11-23-49)41(42(36)44)37-26-33(18-21-39(37)55-44)54-43(51)45-28-30-12-6-5-7-13-30/h4-7,12-13,16-21,25-26,31,35,40-42,48-49H,1,8-11,14-15,22-24,27-28H2,2-3H3,(H,45,51)(H,46,50). The van der Waals surface area contributed by atoms with E-state index in [9.17, 15) is 19.8 Å². The predicted octanol–water partition coefficient (Wildman–Crippen LogP) is 7.99. The number of carbonyl (C=O) groups excluding carboxylic acids is 2. The van der Waals surface area contributed by atoms with Gasteiger partial charge in [-0.2, -0.15) is 0 Å². The first kappa shape index (κ1) is 41.0. The molecule has 3 aromatic rings. The number of aliphatic hydroxyl groups excluding tert-OH is 2. The molecule has 3 aromatic carbocycles. The summed E-state index contributed by atoms with van der Waals surface area (Å²) in [4.78, 5) is 31.3. The van der Waals surface area contributed by atoms with Crippen molar-refractivity contribution in [2.75, 3.05) is 32.2 Å². The van der Waals surface area contributed by atoms with Crippen LogP contribution in [0.25, 0.3) is 0 Å². The zero-order valence-corrected chi connectivity index (χ0v) is 33.0. The van der Waals surface area contributed by atoms with Crippen LogP contribution in [-0.4, -0.2) is 65.9 Å². The average Bonchev–Trinajstić information content (AvgIpc) is 3.20. The highest BCUT2D eigenvalue weighted by molar-refractivity contribution is 8.00. The number of aliphatic hydroxyl groups is 2. The van der Waals surface area contributed by atoms with Crippen molar-refractivity contribution in [3.8, 4) is 11.5 Å². The van der Waals surface area contributed by atoms with Gasteiger partial charge in [-0.25, -0.2) is 4.79 Å². The van der Waals surface area contributed by atoms with Gasteiger partial charge in [0.25, 0.3) is 0 Å². The van der Waals surface area contributed by atoms with Crippen LogP contribution in [0, 0.1) is 17.8 Å². The highest BCUT2D eigenvalue weighted by Crippen LogP contribution is 2.63. The second-order valence-electron chi connectivity index (χ2n) is 14.5. The van der Waals surface area contributed by atoms with Gasteiger partial charge in [-0.1, -0.05) is 60.5 Å². The van der Waals surface area contributed by atoms with E-state index in [1.807, 2.05) is 66.7 Å². The maximum atomic E-state index is 13.1. The normalized spacial score (nSPS) is 24.2. The number of nitrogens with one attached hydrogen (secondary N) is 2. The topological polar surface area (TPSA) is 148 Å². The molecule has 6 rings (SSSR count). The Morgan fingerprint density at radius 3 is 2.46 bits per heavy atom. The van der Waals surface area contributed by atoms with E-state index in [-0.39, 0.29) is 54.6 Å². The maximum Gasteiger partial charge on any atom is 0.412 e. The number of amides is 2. The zero-order valence-electron chi connectivity index (χ0n) is 32.2. The lowest BCUT2D eigenvalue weighted by atomic mass is 9.56. The van der Waals surface area contributed by atoms with Crippen LogP contribution in [-0.2, 0) is 20.9 Å². The summed E-state index contributed by atoms with van der Waals surface area (Å²) in [6.45, 7) is 6.26. The van der Waals surface area contributed by atoms with Crippen LogP contribution < -0.4 is 20.1 Å². The highest BCUT2D eigenvalue weighted by Gasteiger charge is 2.64. The van der Waals surface area contributed by atoms with Gasteiger partial charge < -0.3 is 39.9 Å². The first-order chi connectivity index (χ1) is 27.3. The van der Waals surface area contributed by atoms with Gasteiger partial charge in [0.05, 0.1) is 23.5 Å². The van der Waals surface area contributed by atoms with Crippen molar-refractivity contribution in [1.82, 2.24) is 5.32 Å². The number of hydrogen-bond acceptors (Lipinski definition) is 10. The van der Waals surface area contributed by atoms with Crippen molar-refractivity contribution in [3.63, 3.8) is 0 Å². The van der Waals surface area contributed by atoms with Gasteiger partial charge in [-0.05, 0) is 91.1 Å². The molecule has 6 unspecified atom stereocenters. The van der Waals surface area contributed by atoms with E-state index in [2.05, 4.69) is 28.4 Å². The highest BCUT2D eigenvalue weighted by atomic mass is 32.2. The summed E-state index contributed by atoms with van der Waals surface area (Å²) < 4.78 is 20.1. The quantitative estimate of drug-likeness (QED) is 0.0573. The number of allylic oxidation sites excluding steroid dienone is 1. The molecule has 3 aliphatic rings. The molecule has 12 heteroatoms. The number of carbonyl (C=O) groups is 2. The van der Waals surface area contributed by atoms with Crippen LogP contribution in [0.2, 0.25) is 0 Å². The number of hydrogen-bond donors (Lipinski definition) is 4. The van der Waals surface area contributed by atoms with Crippen LogP contribution in [0.4, 0.5) is 10.5 Å². The van der Waals surface area contributed by atoms with Gasteiger partial charge in [0.2, 0.25) is 11.7 Å². The molecule has 0 aromatic heterocycles. The minimum atomic E-state index is -1.17. The molecule has 0 spiro atoms. The zero-order chi connectivity index (χ0) is 39.5. The molecule has 1 aliphatic heterocycles. The second-order valence-corrected chi connectivity index (χ2v) is 15.8. The Balaban J connectivity index is 1.46. The van der Waals surface area contributed by atoms with Crippen LogP contribution >= 0.6 is 11.8 Å². The molecule has 56 heavy (non-hydrogen) atoms. The third-order valence-corrected chi connectivity index (χ3v) is 12.1. The minimum absolute atomic E-state index is 0.0926. The lowest BCUT2D eigenvalue weighted by Gasteiger charge is -2.58. The SMILES string of the molecule is C=CCOC12Oc3ccc(OC(=O)NCc4ccccc4)cc3C3C(CCCCO)C(CCCCO)C=C(C(=NOC)CC1Sc1ccc(NC(C)=O)cc1)C32. The summed E-state index contributed by atoms with van der Waals surface area (Å²) in [5.41, 5.74) is 4.39. The number of benzene rings is 3. The van der Waals surface area contributed by atoms with Crippen molar-refractivity contribution in [3.05, 3.63) is 108 Å². The fourth-order valence-corrected chi connectivity index (χ4v) is 9.79. The molecule has 6 atom stereocenters. The fraction of sp³-hybridized carbons (Fsp3) is 0.432. The first-order valence-corrected chi connectivity index (χ1v) is 20.3. The van der Waals surface area contributed by atoms with Gasteiger partial charge in [0.15, 0.2) is 0 Å². The Morgan fingerprint density at radius 1 is 1.02 bits per heavy atom. The number of rotatable bonds is 18. The largest absolute Gasteiger partial charge is 0.460 e. The van der Waals surface area contributed by atoms with E-state index in [1.54, 1.807) is 31.0 Å². The number of thioether (sulfide) groups is 1. The third kappa shape index (κ3) is 9.49. The first-order valence-electron chi connectivity index (χ1n) is 19.5. The van der Waals surface area contributed by atoms with E-state index >= 15 is 0 Å². The third-order valence-electron chi connectivity index (χ3n) is 10.8. The van der Waals surface area contributed by atoms with Crippen molar-refractivity contribution in [1.29, 1.82) is 0 Å². The van der Waals surface area contributed by atoms with Crippen LogP contribution in [0.5, 0.6) is 11.5 Å². The van der Waals surface area contributed by atoms with Crippen molar-refractivity contribution >= 4 is 35.2 Å². The van der Waals surface area contributed by atoms with Crippen LogP contribution in [0.15, 0.2) is 107 Å².